The van der Waals surface area contributed by atoms with E-state index in [1.807, 2.05) is 0 Å². The number of aromatic hydroxyl groups is 2. The van der Waals surface area contributed by atoms with E-state index in [9.17, 15) is 4.79 Å². The van der Waals surface area contributed by atoms with Crippen molar-refractivity contribution in [2.45, 2.75) is 0 Å². The Morgan fingerprint density at radius 3 is 2.57 bits per heavy atom. The van der Waals surface area contributed by atoms with E-state index in [1.54, 1.807) is 0 Å². The van der Waals surface area contributed by atoms with E-state index in [2.05, 4.69) is 10.9 Å². The molecule has 5 nitrogen and oxygen atoms in total. The maximum Gasteiger partial charge on any atom is 0.345 e. The summed E-state index contributed by atoms with van der Waals surface area (Å²) in [6.07, 6.45) is 0. The molecule has 1 aliphatic heterocycles. The summed E-state index contributed by atoms with van der Waals surface area (Å²) in [6.45, 7) is 0. The lowest BCUT2D eigenvalue weighted by Gasteiger charge is -2.02. The molecule has 5 heteroatoms. The zero-order chi connectivity index (χ0) is 10.3. The van der Waals surface area contributed by atoms with Crippen LogP contribution >= 0.6 is 0 Å². The van der Waals surface area contributed by atoms with Crippen LogP contribution in [0.3, 0.4) is 0 Å². The van der Waals surface area contributed by atoms with Crippen molar-refractivity contribution in [3.05, 3.63) is 17.7 Å². The van der Waals surface area contributed by atoms with Crippen molar-refractivity contribution in [1.82, 2.24) is 0 Å². The molecule has 0 atom stereocenters. The van der Waals surface area contributed by atoms with Crippen LogP contribution in [0.4, 0.5) is 5.69 Å². The third-order valence-electron chi connectivity index (χ3n) is 1.86. The molecule has 70 valence electrons. The normalized spacial score (nSPS) is 12.4. The predicted molar refractivity (Wildman–Crippen MR) is 47.9 cm³/mol. The average Bonchev–Trinajstić information content (AvgIpc) is 2.48. The molecule has 0 fully saturated rings. The predicted octanol–water partition coefficient (Wildman–Crippen LogP) is 0.881. The first-order valence-corrected chi connectivity index (χ1v) is 3.73. The Kier molecular flexibility index (Phi) is 1.56. The zero-order valence-corrected chi connectivity index (χ0v) is 6.85. The Balaban J connectivity index is 2.62. The molecule has 1 aromatic carbocycles. The molecule has 2 rings (SSSR count). The molecule has 0 unspecified atom stereocenters. The van der Waals surface area contributed by atoms with Gasteiger partial charge >= 0.3 is 5.97 Å². The highest BCUT2D eigenvalue weighted by molar-refractivity contribution is 6.28. The van der Waals surface area contributed by atoms with Crippen LogP contribution in [0, 0.1) is 0 Å². The summed E-state index contributed by atoms with van der Waals surface area (Å²) in [5.41, 5.74) is 0.431. The Morgan fingerprint density at radius 1 is 1.29 bits per heavy atom. The minimum Gasteiger partial charge on any atom is -0.504 e. The molecule has 0 spiro atoms. The summed E-state index contributed by atoms with van der Waals surface area (Å²) in [5.74, 6) is 0.421. The molecule has 1 aromatic rings. The van der Waals surface area contributed by atoms with Gasteiger partial charge in [0.15, 0.2) is 11.5 Å². The maximum absolute atomic E-state index is 10.7. The van der Waals surface area contributed by atoms with Gasteiger partial charge in [0.05, 0.1) is 5.69 Å². The van der Waals surface area contributed by atoms with Crippen LogP contribution < -0.4 is 0 Å². The molecule has 0 aliphatic carbocycles. The summed E-state index contributed by atoms with van der Waals surface area (Å²) >= 11 is 0. The Labute approximate surface area is 78.3 Å². The van der Waals surface area contributed by atoms with Gasteiger partial charge in [-0.25, -0.2) is 9.79 Å². The third kappa shape index (κ3) is 1.04. The fraction of sp³-hybridized carbons (Fsp3) is 0. The van der Waals surface area contributed by atoms with Crippen molar-refractivity contribution < 1.29 is 20.1 Å². The Bertz CT molecular complexity index is 498. The molecule has 3 N–H and O–H groups in total. The number of carboxylic acid groups (broad SMARTS) is 1. The van der Waals surface area contributed by atoms with Crippen LogP contribution in [0.2, 0.25) is 0 Å². The summed E-state index contributed by atoms with van der Waals surface area (Å²) in [5, 5.41) is 27.0. The van der Waals surface area contributed by atoms with Gasteiger partial charge in [0.2, 0.25) is 0 Å². The van der Waals surface area contributed by atoms with E-state index in [1.165, 1.54) is 6.07 Å². The quantitative estimate of drug-likeness (QED) is 0.574. The van der Waals surface area contributed by atoms with Crippen LogP contribution in [0.5, 0.6) is 11.5 Å². The molecular formula is C9H5NO4. The molecular weight excluding hydrogens is 186 g/mol. The van der Waals surface area contributed by atoms with Crippen molar-refractivity contribution >= 4 is 23.1 Å². The number of hydrogen-bond acceptors (Lipinski definition) is 4. The number of nitrogens with zero attached hydrogens (tertiary/aromatic N) is 1. The van der Waals surface area contributed by atoms with Crippen LogP contribution in [0.1, 0.15) is 5.56 Å². The van der Waals surface area contributed by atoms with E-state index in [4.69, 9.17) is 15.3 Å². The van der Waals surface area contributed by atoms with Crippen LogP contribution in [0.25, 0.3) is 5.57 Å². The number of carbonyl (C=O) groups is 1. The molecule has 1 heterocycles. The van der Waals surface area contributed by atoms with E-state index >= 15 is 0 Å². The SMILES string of the molecule is O=C(O)C1=C=Nc2cc(O)c(O)cc21. The lowest BCUT2D eigenvalue weighted by Crippen LogP contribution is -1.97. The number of aliphatic carboxylic acids is 1. The van der Waals surface area contributed by atoms with Gasteiger partial charge in [0, 0.05) is 17.5 Å². The minimum absolute atomic E-state index is 0.115. The number of hydrogen-bond donors (Lipinski definition) is 3. The molecule has 0 bridgehead atoms. The zero-order valence-electron chi connectivity index (χ0n) is 6.85. The molecule has 14 heavy (non-hydrogen) atoms. The molecule has 0 saturated heterocycles. The number of phenols is 2. The van der Waals surface area contributed by atoms with Crippen LogP contribution in [0.15, 0.2) is 17.1 Å². The van der Waals surface area contributed by atoms with Crippen molar-refractivity contribution in [3.8, 4) is 11.5 Å². The third-order valence-corrected chi connectivity index (χ3v) is 1.86. The van der Waals surface area contributed by atoms with Crippen molar-refractivity contribution in [3.63, 3.8) is 0 Å². The van der Waals surface area contributed by atoms with Gasteiger partial charge in [-0.15, -0.1) is 0 Å². The maximum atomic E-state index is 10.7. The minimum atomic E-state index is -1.17. The first-order valence-electron chi connectivity index (χ1n) is 3.73. The molecule has 0 amide bonds. The number of rotatable bonds is 1. The second kappa shape index (κ2) is 2.61. The van der Waals surface area contributed by atoms with Crippen LogP contribution in [-0.4, -0.2) is 27.2 Å². The van der Waals surface area contributed by atoms with E-state index < -0.39 is 5.97 Å². The van der Waals surface area contributed by atoms with Gasteiger partial charge in [0.1, 0.15) is 5.57 Å². The van der Waals surface area contributed by atoms with Gasteiger partial charge in [-0.2, -0.15) is 0 Å². The second-order valence-corrected chi connectivity index (χ2v) is 2.76. The standard InChI is InChI=1S/C9H5NO4/c11-7-1-4-5(9(13)14)3-10-6(4)2-8(7)12/h1-2,11-12H,(H,13,14). The molecule has 0 aromatic heterocycles. The van der Waals surface area contributed by atoms with Gasteiger partial charge < -0.3 is 15.3 Å². The smallest absolute Gasteiger partial charge is 0.345 e. The summed E-state index contributed by atoms with van der Waals surface area (Å²) in [4.78, 5) is 14.3. The van der Waals surface area contributed by atoms with Gasteiger partial charge in [-0.3, -0.25) is 0 Å². The summed E-state index contributed by atoms with van der Waals surface area (Å²) < 4.78 is 0. The lowest BCUT2D eigenvalue weighted by atomic mass is 10.1. The Morgan fingerprint density at radius 2 is 1.93 bits per heavy atom. The molecule has 0 saturated carbocycles. The second-order valence-electron chi connectivity index (χ2n) is 2.76. The molecule has 0 radical (unpaired) electrons. The number of aliphatic imine (C=N–C) groups is 1. The average molecular weight is 191 g/mol. The highest BCUT2D eigenvalue weighted by atomic mass is 16.4. The van der Waals surface area contributed by atoms with E-state index in [0.29, 0.717) is 0 Å². The number of benzene rings is 1. The van der Waals surface area contributed by atoms with Crippen LogP contribution in [-0.2, 0) is 4.79 Å². The summed E-state index contributed by atoms with van der Waals surface area (Å²) in [7, 11) is 0. The highest BCUT2D eigenvalue weighted by Gasteiger charge is 2.20. The van der Waals surface area contributed by atoms with E-state index in [-0.39, 0.29) is 28.3 Å². The first kappa shape index (κ1) is 8.34. The Hall–Kier alpha value is -2.26. The molecule has 1 aliphatic rings. The monoisotopic (exact) mass is 191 g/mol. The summed E-state index contributed by atoms with van der Waals surface area (Å²) in [6, 6.07) is 2.34. The van der Waals surface area contributed by atoms with E-state index in [0.717, 1.165) is 6.07 Å². The van der Waals surface area contributed by atoms with Crippen molar-refractivity contribution in [1.29, 1.82) is 0 Å². The number of phenolic OH excluding ortho intramolecular Hbond substituents is 2. The topological polar surface area (TPSA) is 90.1 Å². The van der Waals surface area contributed by atoms with Gasteiger partial charge in [0.25, 0.3) is 0 Å². The van der Waals surface area contributed by atoms with Gasteiger partial charge in [-0.1, -0.05) is 0 Å². The number of carboxylic acids is 1. The first-order chi connectivity index (χ1) is 6.59. The van der Waals surface area contributed by atoms with Gasteiger partial charge in [-0.05, 0) is 6.07 Å². The highest BCUT2D eigenvalue weighted by Crippen LogP contribution is 2.38. The number of fused-ring (bicyclic) bond motifs is 1. The van der Waals surface area contributed by atoms with Crippen molar-refractivity contribution in [2.24, 2.45) is 4.99 Å². The fourth-order valence-electron chi connectivity index (χ4n) is 1.20. The lowest BCUT2D eigenvalue weighted by molar-refractivity contribution is -0.130. The fourth-order valence-corrected chi connectivity index (χ4v) is 1.20. The van der Waals surface area contributed by atoms with Crippen molar-refractivity contribution in [2.75, 3.05) is 0 Å². The largest absolute Gasteiger partial charge is 0.504 e.